The van der Waals surface area contributed by atoms with Gasteiger partial charge in [-0.15, -0.1) is 0 Å². The van der Waals surface area contributed by atoms with Crippen LogP contribution in [0.25, 0.3) is 17.0 Å². The number of nitrogens with one attached hydrogen (secondary N) is 1. The van der Waals surface area contributed by atoms with Crippen molar-refractivity contribution in [3.8, 4) is 0 Å². The van der Waals surface area contributed by atoms with E-state index in [1.54, 1.807) is 31.2 Å². The molecule has 2 atom stereocenters. The van der Waals surface area contributed by atoms with Gasteiger partial charge in [-0.2, -0.15) is 36.4 Å². The molecule has 15 heteroatoms. The smallest absolute Gasteiger partial charge is 0.368 e. The number of benzene rings is 2. The predicted octanol–water partition coefficient (Wildman–Crippen LogP) is 4.63. The summed E-state index contributed by atoms with van der Waals surface area (Å²) in [4.78, 5) is 30.4. The summed E-state index contributed by atoms with van der Waals surface area (Å²) in [6.07, 6.45) is -6.06. The van der Waals surface area contributed by atoms with Crippen LogP contribution in [0.15, 0.2) is 52.5 Å². The average molecular weight is 611 g/mol. The van der Waals surface area contributed by atoms with Crippen molar-refractivity contribution >= 4 is 45.7 Å². The molecule has 3 aromatic rings. The molecule has 5 rings (SSSR count). The second-order valence-corrected chi connectivity index (χ2v) is 11.0. The number of carbonyl (C=O) groups excluding carboxylic acids is 2. The van der Waals surface area contributed by atoms with Gasteiger partial charge in [0.2, 0.25) is 5.91 Å². The molecule has 0 bridgehead atoms. The summed E-state index contributed by atoms with van der Waals surface area (Å²) in [5.41, 5.74) is 3.30. The van der Waals surface area contributed by atoms with Crippen molar-refractivity contribution in [1.82, 2.24) is 20.0 Å². The minimum Gasteiger partial charge on any atom is -0.368 e. The number of alkyl halides is 6. The number of rotatable bonds is 6. The maximum absolute atomic E-state index is 13.6. The van der Waals surface area contributed by atoms with E-state index in [9.17, 15) is 35.9 Å². The highest BCUT2D eigenvalue weighted by Gasteiger charge is 2.38. The largest absolute Gasteiger partial charge is 0.416 e. The van der Waals surface area contributed by atoms with Crippen LogP contribution in [-0.2, 0) is 28.5 Å². The molecule has 1 saturated heterocycles. The lowest BCUT2D eigenvalue weighted by Gasteiger charge is -2.19. The Balaban J connectivity index is 1.31. The number of likely N-dealkylation sites (tertiary alicyclic amines) is 1. The van der Waals surface area contributed by atoms with Crippen LogP contribution >= 0.6 is 11.8 Å². The van der Waals surface area contributed by atoms with Crippen molar-refractivity contribution in [3.05, 3.63) is 69.8 Å². The third-order valence-corrected chi connectivity index (χ3v) is 8.05. The second kappa shape index (κ2) is 11.1. The molecule has 2 aliphatic heterocycles. The number of aromatic nitrogens is 2. The van der Waals surface area contributed by atoms with Gasteiger partial charge in [0.25, 0.3) is 5.91 Å². The fraction of sp³-hybridized carbons (Fsp3) is 0.333. The molecule has 0 radical (unpaired) electrons. The van der Waals surface area contributed by atoms with Gasteiger partial charge in [0.15, 0.2) is 5.17 Å². The Morgan fingerprint density at radius 1 is 1.17 bits per heavy atom. The summed E-state index contributed by atoms with van der Waals surface area (Å²) in [5.74, 6) is -0.857. The lowest BCUT2D eigenvalue weighted by Crippen LogP contribution is -2.45. The Kier molecular flexibility index (Phi) is 7.83. The first-order valence-electron chi connectivity index (χ1n) is 12.7. The number of aliphatic imine (C=N–C) groups is 1. The highest BCUT2D eigenvalue weighted by molar-refractivity contribution is 8.18. The standard InChI is InChI=1S/C27H24F6N6O2S/c1-14(23(34)40)36-19-6-7-38(13-19)25-37-24(41)22(42-25)9-15-2-5-21-17(8-15)11-35-39(21)12-16-3-4-18(26(28,29)30)10-20(16)27(31,32)33/h2-5,8-11,14,19,36H,6-7,12-13H2,1H3,(H2,34,40)/b22-9-/t14?,19-/m0/s1. The first kappa shape index (κ1) is 29.6. The molecule has 222 valence electrons. The molecular formula is C27H24F6N6O2S. The van der Waals surface area contributed by atoms with Crippen LogP contribution < -0.4 is 11.1 Å². The highest BCUT2D eigenvalue weighted by Crippen LogP contribution is 2.38. The molecule has 1 aromatic heterocycles. The molecule has 0 aliphatic carbocycles. The number of amides is 2. The Hall–Kier alpha value is -3.85. The van der Waals surface area contributed by atoms with Crippen molar-refractivity contribution in [2.24, 2.45) is 10.7 Å². The van der Waals surface area contributed by atoms with Crippen LogP contribution in [0.3, 0.4) is 0 Å². The molecule has 2 aromatic carbocycles. The van der Waals surface area contributed by atoms with E-state index < -0.39 is 47.9 Å². The zero-order valence-electron chi connectivity index (χ0n) is 22.0. The van der Waals surface area contributed by atoms with Gasteiger partial charge in [-0.3, -0.25) is 14.3 Å². The van der Waals surface area contributed by atoms with E-state index in [0.29, 0.717) is 45.7 Å². The number of nitrogens with two attached hydrogens (primary N) is 1. The van der Waals surface area contributed by atoms with E-state index >= 15 is 0 Å². The van der Waals surface area contributed by atoms with E-state index in [0.717, 1.165) is 12.5 Å². The van der Waals surface area contributed by atoms with Crippen LogP contribution in [0.1, 0.15) is 35.6 Å². The summed E-state index contributed by atoms with van der Waals surface area (Å²) in [5, 5.41) is 8.42. The van der Waals surface area contributed by atoms with Gasteiger partial charge in [-0.25, -0.2) is 0 Å². The van der Waals surface area contributed by atoms with E-state index in [-0.39, 0.29) is 17.7 Å². The molecule has 2 aliphatic rings. The fourth-order valence-corrected chi connectivity index (χ4v) is 5.78. The first-order chi connectivity index (χ1) is 19.7. The topological polar surface area (TPSA) is 106 Å². The summed E-state index contributed by atoms with van der Waals surface area (Å²) >= 11 is 1.22. The van der Waals surface area contributed by atoms with Gasteiger partial charge in [0.1, 0.15) is 0 Å². The van der Waals surface area contributed by atoms with Crippen LogP contribution in [0.2, 0.25) is 0 Å². The number of carbonyl (C=O) groups is 2. The first-order valence-corrected chi connectivity index (χ1v) is 13.6. The van der Waals surface area contributed by atoms with Gasteiger partial charge in [-0.05, 0) is 66.6 Å². The third-order valence-electron chi connectivity index (χ3n) is 7.01. The average Bonchev–Trinajstić information content (AvgIpc) is 3.62. The lowest BCUT2D eigenvalue weighted by molar-refractivity contribution is -0.143. The van der Waals surface area contributed by atoms with E-state index in [1.165, 1.54) is 22.6 Å². The minimum absolute atomic E-state index is 0.0210. The number of thioether (sulfide) groups is 1. The Bertz CT molecular complexity index is 1610. The SMILES string of the molecule is CC(N[C@H]1CCN(C2=NC(=O)/C(=C/c3ccc4c(cnn4Cc4ccc(C(F)(F)F)cc4C(F)(F)F)c3)S2)C1)C(N)=O. The van der Waals surface area contributed by atoms with Crippen LogP contribution in [-0.4, -0.2) is 56.8 Å². The van der Waals surface area contributed by atoms with Gasteiger partial charge in [0.05, 0.1) is 40.3 Å². The maximum atomic E-state index is 13.6. The molecule has 8 nitrogen and oxygen atoms in total. The molecule has 3 N–H and O–H groups in total. The number of primary amides is 1. The van der Waals surface area contributed by atoms with Crippen molar-refractivity contribution in [3.63, 3.8) is 0 Å². The third kappa shape index (κ3) is 6.31. The number of hydrogen-bond donors (Lipinski definition) is 2. The van der Waals surface area contributed by atoms with E-state index in [2.05, 4.69) is 15.4 Å². The normalized spacial score (nSPS) is 19.6. The molecular weight excluding hydrogens is 586 g/mol. The molecule has 3 heterocycles. The molecule has 0 spiro atoms. The number of halogens is 6. The number of amidine groups is 1. The van der Waals surface area contributed by atoms with Gasteiger partial charge >= 0.3 is 12.4 Å². The van der Waals surface area contributed by atoms with Crippen molar-refractivity contribution in [2.45, 2.75) is 44.3 Å². The van der Waals surface area contributed by atoms with E-state index in [4.69, 9.17) is 5.73 Å². The van der Waals surface area contributed by atoms with Crippen LogP contribution in [0, 0.1) is 0 Å². The molecule has 1 fully saturated rings. The molecule has 42 heavy (non-hydrogen) atoms. The highest BCUT2D eigenvalue weighted by atomic mass is 32.2. The zero-order chi connectivity index (χ0) is 30.4. The summed E-state index contributed by atoms with van der Waals surface area (Å²) in [6, 6.07) is 6.07. The second-order valence-electron chi connectivity index (χ2n) is 10.0. The Morgan fingerprint density at radius 3 is 2.62 bits per heavy atom. The number of hydrogen-bond acceptors (Lipinski definition) is 6. The van der Waals surface area contributed by atoms with Crippen LogP contribution in [0.5, 0.6) is 0 Å². The summed E-state index contributed by atoms with van der Waals surface area (Å²) in [7, 11) is 0. The summed E-state index contributed by atoms with van der Waals surface area (Å²) in [6.45, 7) is 2.50. The maximum Gasteiger partial charge on any atom is 0.416 e. The lowest BCUT2D eigenvalue weighted by atomic mass is 10.0. The van der Waals surface area contributed by atoms with Crippen molar-refractivity contribution in [1.29, 1.82) is 0 Å². The zero-order valence-corrected chi connectivity index (χ0v) is 22.8. The Morgan fingerprint density at radius 2 is 1.93 bits per heavy atom. The minimum atomic E-state index is -4.99. The molecule has 2 amide bonds. The van der Waals surface area contributed by atoms with Gasteiger partial charge in [-0.1, -0.05) is 12.1 Å². The predicted molar refractivity (Wildman–Crippen MR) is 145 cm³/mol. The van der Waals surface area contributed by atoms with Gasteiger partial charge < -0.3 is 16.0 Å². The van der Waals surface area contributed by atoms with Crippen molar-refractivity contribution in [2.75, 3.05) is 13.1 Å². The molecule has 0 saturated carbocycles. The number of fused-ring (bicyclic) bond motifs is 1. The van der Waals surface area contributed by atoms with Crippen molar-refractivity contribution < 1.29 is 35.9 Å². The van der Waals surface area contributed by atoms with Crippen LogP contribution in [0.4, 0.5) is 26.3 Å². The van der Waals surface area contributed by atoms with E-state index in [1.807, 2.05) is 4.90 Å². The molecule has 1 unspecified atom stereocenters. The summed E-state index contributed by atoms with van der Waals surface area (Å²) < 4.78 is 81.1. The quantitative estimate of drug-likeness (QED) is 0.312. The van der Waals surface area contributed by atoms with Gasteiger partial charge in [0, 0.05) is 24.5 Å². The monoisotopic (exact) mass is 610 g/mol. The fourth-order valence-electron chi connectivity index (χ4n) is 4.83. The number of nitrogens with zero attached hydrogens (tertiary/aromatic N) is 4. The Labute approximate surface area is 239 Å².